The van der Waals surface area contributed by atoms with E-state index >= 15 is 0 Å². The maximum atomic E-state index is 9.40. The van der Waals surface area contributed by atoms with Gasteiger partial charge in [-0.2, -0.15) is 0 Å². The highest BCUT2D eigenvalue weighted by Crippen LogP contribution is 2.66. The fourth-order valence-electron chi connectivity index (χ4n) is 2.55. The average Bonchev–Trinajstić information content (AvgIpc) is 2.66. The Morgan fingerprint density at radius 1 is 1.46 bits per heavy atom. The number of ether oxygens (including phenoxy) is 1. The highest BCUT2D eigenvalue weighted by Gasteiger charge is 2.72. The van der Waals surface area contributed by atoms with Crippen LogP contribution >= 0.6 is 0 Å². The lowest BCUT2D eigenvalue weighted by Crippen LogP contribution is -2.22. The smallest absolute Gasteiger partial charge is 0.124 e. The molecule has 1 aromatic rings. The summed E-state index contributed by atoms with van der Waals surface area (Å²) >= 11 is 0. The van der Waals surface area contributed by atoms with Gasteiger partial charge in [0.2, 0.25) is 0 Å². The zero-order chi connectivity index (χ0) is 9.10. The lowest BCUT2D eigenvalue weighted by Gasteiger charge is -2.09. The molecule has 1 aliphatic carbocycles. The fourth-order valence-corrected chi connectivity index (χ4v) is 2.55. The number of fused-ring (bicyclic) bond motifs is 3. The number of aliphatic hydroxyl groups excluding tert-OH is 1. The second-order valence-corrected chi connectivity index (χ2v) is 4.25. The normalized spacial score (nSPS) is 39.2. The van der Waals surface area contributed by atoms with E-state index in [2.05, 4.69) is 13.0 Å². The molecule has 2 nitrogen and oxygen atoms in total. The quantitative estimate of drug-likeness (QED) is 0.702. The molecular weight excluding hydrogens is 164 g/mol. The molecule has 0 aromatic heterocycles. The topological polar surface area (TPSA) is 29.5 Å². The summed E-state index contributed by atoms with van der Waals surface area (Å²) in [6.45, 7) is 2.27. The summed E-state index contributed by atoms with van der Waals surface area (Å²) in [5, 5.41) is 9.40. The third kappa shape index (κ3) is 0.647. The van der Waals surface area contributed by atoms with Crippen LogP contribution < -0.4 is 4.74 Å². The largest absolute Gasteiger partial charge is 0.486 e. The third-order valence-electron chi connectivity index (χ3n) is 3.53. The number of hydrogen-bond acceptors (Lipinski definition) is 2. The molecule has 1 saturated carbocycles. The van der Waals surface area contributed by atoms with Crippen molar-refractivity contribution in [3.8, 4) is 5.75 Å². The van der Waals surface area contributed by atoms with Crippen LogP contribution in [-0.2, 0) is 5.41 Å². The maximum absolute atomic E-state index is 9.40. The summed E-state index contributed by atoms with van der Waals surface area (Å²) in [6.07, 6.45) is 0.952. The van der Waals surface area contributed by atoms with Crippen LogP contribution in [0.5, 0.6) is 5.75 Å². The van der Waals surface area contributed by atoms with Crippen LogP contribution in [0.3, 0.4) is 0 Å². The van der Waals surface area contributed by atoms with E-state index in [0.717, 1.165) is 12.2 Å². The van der Waals surface area contributed by atoms with Gasteiger partial charge in [0.05, 0.1) is 12.0 Å². The molecule has 1 heterocycles. The van der Waals surface area contributed by atoms with Gasteiger partial charge in [-0.25, -0.2) is 0 Å². The van der Waals surface area contributed by atoms with Gasteiger partial charge < -0.3 is 9.84 Å². The number of rotatable bonds is 1. The molecule has 0 saturated heterocycles. The summed E-state index contributed by atoms with van der Waals surface area (Å²) < 4.78 is 5.80. The molecule has 2 atom stereocenters. The maximum Gasteiger partial charge on any atom is 0.124 e. The molecule has 3 rings (SSSR count). The number of para-hydroxylation sites is 1. The molecule has 2 heteroatoms. The van der Waals surface area contributed by atoms with Gasteiger partial charge in [-0.15, -0.1) is 0 Å². The van der Waals surface area contributed by atoms with Gasteiger partial charge in [0, 0.05) is 12.0 Å². The Morgan fingerprint density at radius 2 is 2.23 bits per heavy atom. The molecule has 1 N–H and O–H groups in total. The zero-order valence-corrected chi connectivity index (χ0v) is 7.58. The Kier molecular flexibility index (Phi) is 1.08. The van der Waals surface area contributed by atoms with Crippen molar-refractivity contribution >= 4 is 0 Å². The van der Waals surface area contributed by atoms with Gasteiger partial charge in [0.15, 0.2) is 0 Å². The average molecular weight is 176 g/mol. The van der Waals surface area contributed by atoms with Crippen molar-refractivity contribution in [3.63, 3.8) is 0 Å². The molecule has 1 aliphatic heterocycles. The molecule has 0 spiro atoms. The first-order valence-electron chi connectivity index (χ1n) is 4.61. The molecule has 2 aliphatic rings. The first kappa shape index (κ1) is 7.39. The minimum absolute atomic E-state index is 0.0937. The lowest BCUT2D eigenvalue weighted by atomic mass is 9.95. The molecule has 0 radical (unpaired) electrons. The van der Waals surface area contributed by atoms with Crippen molar-refractivity contribution < 1.29 is 9.84 Å². The Labute approximate surface area is 77.2 Å². The van der Waals surface area contributed by atoms with Crippen LogP contribution in [0.2, 0.25) is 0 Å². The van der Waals surface area contributed by atoms with Gasteiger partial charge in [0.25, 0.3) is 0 Å². The fraction of sp³-hybridized carbons (Fsp3) is 0.455. The van der Waals surface area contributed by atoms with Crippen LogP contribution in [-0.4, -0.2) is 17.3 Å². The van der Waals surface area contributed by atoms with Crippen LogP contribution in [0.15, 0.2) is 24.3 Å². The Morgan fingerprint density at radius 3 is 3.00 bits per heavy atom. The predicted octanol–water partition coefficient (Wildman–Crippen LogP) is 1.47. The zero-order valence-electron chi connectivity index (χ0n) is 7.58. The number of aliphatic hydroxyl groups is 1. The van der Waals surface area contributed by atoms with Gasteiger partial charge in [-0.05, 0) is 13.0 Å². The van der Waals surface area contributed by atoms with Crippen LogP contribution in [0.4, 0.5) is 0 Å². The Bertz CT molecular complexity index is 374. The molecule has 1 fully saturated rings. The van der Waals surface area contributed by atoms with Crippen LogP contribution in [0.1, 0.15) is 18.9 Å². The summed E-state index contributed by atoms with van der Waals surface area (Å²) in [5.74, 6) is 0.949. The highest BCUT2D eigenvalue weighted by molar-refractivity contribution is 5.54. The van der Waals surface area contributed by atoms with E-state index in [1.165, 1.54) is 5.56 Å². The molecular formula is C11H12O2. The summed E-state index contributed by atoms with van der Waals surface area (Å²) in [5.41, 5.74) is 0.953. The first-order chi connectivity index (χ1) is 6.22. The van der Waals surface area contributed by atoms with Crippen LogP contribution in [0.25, 0.3) is 0 Å². The molecule has 13 heavy (non-hydrogen) atoms. The third-order valence-corrected chi connectivity index (χ3v) is 3.53. The highest BCUT2D eigenvalue weighted by atomic mass is 16.5. The molecule has 0 bridgehead atoms. The number of hydrogen-bond donors (Lipinski definition) is 1. The Balaban J connectivity index is 2.19. The second kappa shape index (κ2) is 1.90. The van der Waals surface area contributed by atoms with Crippen molar-refractivity contribution in [1.29, 1.82) is 0 Å². The first-order valence-corrected chi connectivity index (χ1v) is 4.61. The summed E-state index contributed by atoms with van der Waals surface area (Å²) in [4.78, 5) is 0. The summed E-state index contributed by atoms with van der Waals surface area (Å²) in [6, 6.07) is 8.01. The van der Waals surface area contributed by atoms with Crippen molar-refractivity contribution in [1.82, 2.24) is 0 Å². The van der Waals surface area contributed by atoms with Gasteiger partial charge in [-0.3, -0.25) is 0 Å². The van der Waals surface area contributed by atoms with E-state index in [1.807, 2.05) is 18.2 Å². The van der Waals surface area contributed by atoms with E-state index in [4.69, 9.17) is 4.74 Å². The van der Waals surface area contributed by atoms with Crippen molar-refractivity contribution in [2.75, 3.05) is 6.61 Å². The van der Waals surface area contributed by atoms with Gasteiger partial charge in [0.1, 0.15) is 11.4 Å². The van der Waals surface area contributed by atoms with E-state index in [-0.39, 0.29) is 17.6 Å². The molecule has 1 aromatic carbocycles. The van der Waals surface area contributed by atoms with E-state index in [0.29, 0.717) is 0 Å². The van der Waals surface area contributed by atoms with E-state index in [9.17, 15) is 5.11 Å². The molecule has 0 amide bonds. The van der Waals surface area contributed by atoms with Crippen molar-refractivity contribution in [3.05, 3.63) is 29.8 Å². The Hall–Kier alpha value is -1.02. The van der Waals surface area contributed by atoms with E-state index < -0.39 is 0 Å². The lowest BCUT2D eigenvalue weighted by molar-refractivity contribution is 0.166. The van der Waals surface area contributed by atoms with Crippen molar-refractivity contribution in [2.45, 2.75) is 24.4 Å². The van der Waals surface area contributed by atoms with Crippen molar-refractivity contribution in [2.24, 2.45) is 0 Å². The van der Waals surface area contributed by atoms with E-state index in [1.54, 1.807) is 0 Å². The predicted molar refractivity (Wildman–Crippen MR) is 48.9 cm³/mol. The van der Waals surface area contributed by atoms with Gasteiger partial charge >= 0.3 is 0 Å². The molecule has 68 valence electrons. The van der Waals surface area contributed by atoms with Crippen LogP contribution in [0, 0.1) is 0 Å². The minimum atomic E-state index is -0.133. The molecule has 2 unspecified atom stereocenters. The second-order valence-electron chi connectivity index (χ2n) is 4.25. The minimum Gasteiger partial charge on any atom is -0.486 e. The summed E-state index contributed by atoms with van der Waals surface area (Å²) in [7, 11) is 0. The SMILES string of the molecule is CC12CC1(CO)c1ccccc1O2. The number of benzene rings is 1. The monoisotopic (exact) mass is 176 g/mol. The standard InChI is InChI=1S/C11H12O2/c1-10-6-11(10,7-12)8-4-2-3-5-9(8)13-10/h2-5,12H,6-7H2,1H3. The van der Waals surface area contributed by atoms with Gasteiger partial charge in [-0.1, -0.05) is 18.2 Å².